The van der Waals surface area contributed by atoms with Crippen LogP contribution in [0.2, 0.25) is 5.02 Å². The monoisotopic (exact) mass is 440 g/mol. The van der Waals surface area contributed by atoms with E-state index in [-0.39, 0.29) is 18.3 Å². The molecule has 0 atom stereocenters. The van der Waals surface area contributed by atoms with E-state index in [0.717, 1.165) is 27.9 Å². The van der Waals surface area contributed by atoms with Crippen molar-refractivity contribution in [2.24, 2.45) is 0 Å². The van der Waals surface area contributed by atoms with E-state index in [1.54, 1.807) is 45.8 Å². The number of hydrogen-bond donors (Lipinski definition) is 0. The summed E-state index contributed by atoms with van der Waals surface area (Å²) in [6, 6.07) is 8.16. The Labute approximate surface area is 184 Å². The highest BCUT2D eigenvalue weighted by Gasteiger charge is 2.19. The van der Waals surface area contributed by atoms with E-state index in [4.69, 9.17) is 11.6 Å². The molecule has 0 fully saturated rings. The summed E-state index contributed by atoms with van der Waals surface area (Å²) in [6.45, 7) is 4.90. The summed E-state index contributed by atoms with van der Waals surface area (Å²) < 4.78 is 16.7. The van der Waals surface area contributed by atoms with Gasteiger partial charge in [-0.3, -0.25) is 9.48 Å². The lowest BCUT2D eigenvalue weighted by atomic mass is 10.0. The van der Waals surface area contributed by atoms with Crippen molar-refractivity contribution in [3.05, 3.63) is 65.0 Å². The molecule has 0 saturated heterocycles. The summed E-state index contributed by atoms with van der Waals surface area (Å²) in [5.41, 5.74) is 3.91. The van der Waals surface area contributed by atoms with Crippen molar-refractivity contribution in [1.29, 1.82) is 0 Å². The quantitative estimate of drug-likeness (QED) is 0.453. The van der Waals surface area contributed by atoms with Crippen LogP contribution in [0.3, 0.4) is 0 Å². The van der Waals surface area contributed by atoms with E-state index in [2.05, 4.69) is 15.2 Å². The second-order valence-electron chi connectivity index (χ2n) is 7.31. The van der Waals surface area contributed by atoms with Crippen molar-refractivity contribution < 1.29 is 9.18 Å². The lowest BCUT2D eigenvalue weighted by Crippen LogP contribution is -2.31. The average molecular weight is 441 g/mol. The van der Waals surface area contributed by atoms with Crippen molar-refractivity contribution in [2.45, 2.75) is 33.5 Å². The van der Waals surface area contributed by atoms with Gasteiger partial charge in [-0.1, -0.05) is 23.7 Å². The Hall–Kier alpha value is -3.26. The first-order valence-corrected chi connectivity index (χ1v) is 10.3. The number of rotatable bonds is 6. The molecule has 1 aromatic carbocycles. The zero-order chi connectivity index (χ0) is 22.1. The zero-order valence-electron chi connectivity index (χ0n) is 17.5. The van der Waals surface area contributed by atoms with E-state index < -0.39 is 0 Å². The van der Waals surface area contributed by atoms with E-state index in [1.165, 1.54) is 12.1 Å². The van der Waals surface area contributed by atoms with Gasteiger partial charge < -0.3 is 4.90 Å². The number of nitrogens with zero attached hydrogens (tertiary/aromatic N) is 6. The Morgan fingerprint density at radius 2 is 1.94 bits per heavy atom. The maximum Gasteiger partial charge on any atom is 0.244 e. The van der Waals surface area contributed by atoms with Crippen molar-refractivity contribution in [1.82, 2.24) is 29.4 Å². The number of aryl methyl sites for hydroxylation is 2. The highest BCUT2D eigenvalue weighted by atomic mass is 35.5. The van der Waals surface area contributed by atoms with Gasteiger partial charge in [0.15, 0.2) is 5.65 Å². The number of carbonyl (C=O) groups excluding carboxylic acids is 1. The zero-order valence-corrected chi connectivity index (χ0v) is 18.3. The van der Waals surface area contributed by atoms with E-state index in [0.29, 0.717) is 23.8 Å². The fourth-order valence-corrected chi connectivity index (χ4v) is 3.84. The minimum absolute atomic E-state index is 0.0403. The molecule has 0 unspecified atom stereocenters. The molecule has 160 valence electrons. The molecular formula is C22H22ClFN6O. The third kappa shape index (κ3) is 4.03. The molecule has 0 aliphatic carbocycles. The molecule has 0 spiro atoms. The standard InChI is InChI=1S/C22H22ClFN6O/c1-4-29-19(18(23)11-26-29)12-28(3)20(31)13-30-22-21(14(2)27-30)17(9-10-25-22)15-5-7-16(24)8-6-15/h5-11H,4,12-13H2,1-3H3. The Morgan fingerprint density at radius 1 is 1.19 bits per heavy atom. The Kier molecular flexibility index (Phi) is 5.73. The average Bonchev–Trinajstić information content (AvgIpc) is 3.28. The fraction of sp³-hybridized carbons (Fsp3) is 0.273. The first kappa shape index (κ1) is 21.0. The molecule has 4 rings (SSSR count). The molecule has 3 heterocycles. The van der Waals surface area contributed by atoms with Crippen LogP contribution in [0.4, 0.5) is 4.39 Å². The van der Waals surface area contributed by atoms with Gasteiger partial charge in [0, 0.05) is 25.2 Å². The second kappa shape index (κ2) is 8.47. The molecular weight excluding hydrogens is 419 g/mol. The molecule has 0 saturated carbocycles. The van der Waals surface area contributed by atoms with Crippen LogP contribution >= 0.6 is 11.6 Å². The van der Waals surface area contributed by atoms with E-state index >= 15 is 0 Å². The van der Waals surface area contributed by atoms with Crippen molar-refractivity contribution in [2.75, 3.05) is 7.05 Å². The number of likely N-dealkylation sites (N-methyl/N-ethyl adjacent to an activating group) is 1. The Bertz CT molecular complexity index is 1250. The maximum atomic E-state index is 13.3. The van der Waals surface area contributed by atoms with Gasteiger partial charge in [-0.25, -0.2) is 14.1 Å². The van der Waals surface area contributed by atoms with Gasteiger partial charge in [-0.2, -0.15) is 10.2 Å². The largest absolute Gasteiger partial charge is 0.338 e. The molecule has 0 aliphatic rings. The normalized spacial score (nSPS) is 11.3. The van der Waals surface area contributed by atoms with Crippen LogP contribution in [-0.4, -0.2) is 42.4 Å². The van der Waals surface area contributed by atoms with Crippen LogP contribution in [0.25, 0.3) is 22.2 Å². The smallest absolute Gasteiger partial charge is 0.244 e. The van der Waals surface area contributed by atoms with Crippen LogP contribution in [0.1, 0.15) is 18.3 Å². The summed E-state index contributed by atoms with van der Waals surface area (Å²) in [5.74, 6) is -0.419. The summed E-state index contributed by atoms with van der Waals surface area (Å²) in [7, 11) is 1.72. The van der Waals surface area contributed by atoms with Gasteiger partial charge >= 0.3 is 0 Å². The maximum absolute atomic E-state index is 13.3. The predicted octanol–water partition coefficient (Wildman–Crippen LogP) is 4.07. The van der Waals surface area contributed by atoms with Crippen LogP contribution in [0.15, 0.2) is 42.7 Å². The number of fused-ring (bicyclic) bond motifs is 1. The molecule has 1 amide bonds. The molecule has 0 aliphatic heterocycles. The highest BCUT2D eigenvalue weighted by Crippen LogP contribution is 2.30. The van der Waals surface area contributed by atoms with Gasteiger partial charge in [-0.05, 0) is 43.2 Å². The lowest BCUT2D eigenvalue weighted by molar-refractivity contribution is -0.131. The topological polar surface area (TPSA) is 68.8 Å². The van der Waals surface area contributed by atoms with Crippen LogP contribution in [0.5, 0.6) is 0 Å². The minimum atomic E-state index is -0.292. The van der Waals surface area contributed by atoms with Gasteiger partial charge in [0.05, 0.1) is 29.2 Å². The van der Waals surface area contributed by atoms with Crippen LogP contribution in [0, 0.1) is 12.7 Å². The van der Waals surface area contributed by atoms with E-state index in [9.17, 15) is 9.18 Å². The molecule has 0 N–H and O–H groups in total. The van der Waals surface area contributed by atoms with Crippen LogP contribution < -0.4 is 0 Å². The van der Waals surface area contributed by atoms with Gasteiger partial charge in [0.2, 0.25) is 5.91 Å². The van der Waals surface area contributed by atoms with Gasteiger partial charge in [-0.15, -0.1) is 0 Å². The molecule has 9 heteroatoms. The Morgan fingerprint density at radius 3 is 2.65 bits per heavy atom. The first-order valence-electron chi connectivity index (χ1n) is 9.91. The third-order valence-corrected chi connectivity index (χ3v) is 5.57. The number of benzene rings is 1. The number of carbonyl (C=O) groups is 1. The third-order valence-electron chi connectivity index (χ3n) is 5.26. The second-order valence-corrected chi connectivity index (χ2v) is 7.72. The number of pyridine rings is 1. The summed E-state index contributed by atoms with van der Waals surface area (Å²) in [6.07, 6.45) is 3.26. The van der Waals surface area contributed by atoms with Gasteiger partial charge in [0.25, 0.3) is 0 Å². The molecule has 7 nitrogen and oxygen atoms in total. The SMILES string of the molecule is CCn1ncc(Cl)c1CN(C)C(=O)Cn1nc(C)c2c(-c3ccc(F)cc3)ccnc21. The van der Waals surface area contributed by atoms with Crippen molar-refractivity contribution in [3.8, 4) is 11.1 Å². The predicted molar refractivity (Wildman–Crippen MR) is 117 cm³/mol. The molecule has 31 heavy (non-hydrogen) atoms. The Balaban J connectivity index is 1.61. The summed E-state index contributed by atoms with van der Waals surface area (Å²) in [5, 5.41) is 10.1. The first-order chi connectivity index (χ1) is 14.9. The summed E-state index contributed by atoms with van der Waals surface area (Å²) >= 11 is 6.23. The minimum Gasteiger partial charge on any atom is -0.338 e. The lowest BCUT2D eigenvalue weighted by Gasteiger charge is -2.18. The van der Waals surface area contributed by atoms with Crippen molar-refractivity contribution in [3.63, 3.8) is 0 Å². The molecule has 4 aromatic rings. The number of amides is 1. The highest BCUT2D eigenvalue weighted by molar-refractivity contribution is 6.31. The summed E-state index contributed by atoms with van der Waals surface area (Å²) in [4.78, 5) is 19.0. The number of hydrogen-bond acceptors (Lipinski definition) is 4. The fourth-order valence-electron chi connectivity index (χ4n) is 3.64. The van der Waals surface area contributed by atoms with Gasteiger partial charge in [0.1, 0.15) is 12.4 Å². The number of halogens is 2. The number of aromatic nitrogens is 5. The van der Waals surface area contributed by atoms with E-state index in [1.807, 2.05) is 19.9 Å². The van der Waals surface area contributed by atoms with Crippen LogP contribution in [-0.2, 0) is 24.4 Å². The molecule has 0 bridgehead atoms. The molecule has 0 radical (unpaired) electrons. The van der Waals surface area contributed by atoms with Crippen molar-refractivity contribution >= 4 is 28.5 Å². The molecule has 3 aromatic heterocycles.